The van der Waals surface area contributed by atoms with Gasteiger partial charge in [0.1, 0.15) is 11.5 Å². The average molecular weight is 310 g/mol. The van der Waals surface area contributed by atoms with E-state index in [1.165, 1.54) is 0 Å². The van der Waals surface area contributed by atoms with Crippen molar-refractivity contribution in [2.45, 2.75) is 0 Å². The van der Waals surface area contributed by atoms with Gasteiger partial charge in [0, 0.05) is 5.56 Å². The molecule has 1 unspecified atom stereocenters. The second-order valence-corrected chi connectivity index (χ2v) is 5.54. The molecule has 0 aliphatic rings. The van der Waals surface area contributed by atoms with E-state index in [4.69, 9.17) is 9.05 Å². The van der Waals surface area contributed by atoms with E-state index in [0.29, 0.717) is 11.5 Å². The maximum Gasteiger partial charge on any atom is 0.418 e. The lowest BCUT2D eigenvalue weighted by atomic mass is 10.1. The van der Waals surface area contributed by atoms with Crippen LogP contribution in [0.1, 0.15) is 0 Å². The minimum Gasteiger partial charge on any atom is -0.418 e. The molecule has 3 nitrogen and oxygen atoms in total. The van der Waals surface area contributed by atoms with Gasteiger partial charge in [-0.2, -0.15) is 0 Å². The normalized spacial score (nSPS) is 11.6. The minimum absolute atomic E-state index is 0.531. The van der Waals surface area contributed by atoms with Gasteiger partial charge in [0.2, 0.25) is 0 Å². The molecule has 0 aromatic heterocycles. The Balaban J connectivity index is 1.80. The fraction of sp³-hybridized carbons (Fsp3) is 0. The summed E-state index contributed by atoms with van der Waals surface area (Å²) in [7, 11) is -2.67. The maximum absolute atomic E-state index is 12.1. The molecule has 22 heavy (non-hydrogen) atoms. The highest BCUT2D eigenvalue weighted by Gasteiger charge is 2.09. The lowest BCUT2D eigenvalue weighted by Crippen LogP contribution is -1.91. The van der Waals surface area contributed by atoms with Crippen LogP contribution in [0.4, 0.5) is 0 Å². The van der Waals surface area contributed by atoms with E-state index in [2.05, 4.69) is 0 Å². The van der Waals surface area contributed by atoms with Crippen LogP contribution in [-0.2, 0) is 4.57 Å². The van der Waals surface area contributed by atoms with Crippen LogP contribution in [0.5, 0.6) is 11.5 Å². The molecule has 4 heteroatoms. The summed E-state index contributed by atoms with van der Waals surface area (Å²) in [6.07, 6.45) is 0. The van der Waals surface area contributed by atoms with Gasteiger partial charge in [-0.3, -0.25) is 0 Å². The molecule has 0 aliphatic carbocycles. The zero-order valence-corrected chi connectivity index (χ0v) is 12.8. The van der Waals surface area contributed by atoms with Crippen molar-refractivity contribution < 1.29 is 13.6 Å². The van der Waals surface area contributed by atoms with Crippen LogP contribution in [0.25, 0.3) is 11.1 Å². The van der Waals surface area contributed by atoms with Crippen LogP contribution in [0.3, 0.4) is 0 Å². The van der Waals surface area contributed by atoms with Crippen molar-refractivity contribution in [1.82, 2.24) is 0 Å². The Hall–Kier alpha value is -2.51. The van der Waals surface area contributed by atoms with Gasteiger partial charge in [-0.25, -0.2) is 4.57 Å². The van der Waals surface area contributed by atoms with E-state index in [0.717, 1.165) is 11.1 Å². The zero-order valence-electron chi connectivity index (χ0n) is 11.8. The van der Waals surface area contributed by atoms with Crippen LogP contribution in [0.15, 0.2) is 84.9 Å². The highest BCUT2D eigenvalue weighted by molar-refractivity contribution is 7.34. The maximum atomic E-state index is 12.1. The molecule has 1 atom stereocenters. The van der Waals surface area contributed by atoms with Crippen molar-refractivity contribution >= 4 is 8.25 Å². The summed E-state index contributed by atoms with van der Waals surface area (Å²) in [4.78, 5) is 0. The summed E-state index contributed by atoms with van der Waals surface area (Å²) in [5.74, 6) is 1.08. The summed E-state index contributed by atoms with van der Waals surface area (Å²) >= 11 is 0. The van der Waals surface area contributed by atoms with Gasteiger partial charge in [0.25, 0.3) is 0 Å². The predicted octanol–water partition coefficient (Wildman–Crippen LogP) is 5.20. The molecule has 0 saturated heterocycles. The smallest absolute Gasteiger partial charge is 0.418 e. The third kappa shape index (κ3) is 3.57. The molecule has 0 fully saturated rings. The molecule has 0 saturated carbocycles. The number of para-hydroxylation sites is 2. The lowest BCUT2D eigenvalue weighted by molar-refractivity contribution is 0.416. The van der Waals surface area contributed by atoms with Crippen molar-refractivity contribution in [3.8, 4) is 22.6 Å². The van der Waals surface area contributed by atoms with E-state index in [9.17, 15) is 4.57 Å². The van der Waals surface area contributed by atoms with E-state index in [1.54, 1.807) is 18.2 Å². The lowest BCUT2D eigenvalue weighted by Gasteiger charge is -2.12. The van der Waals surface area contributed by atoms with Gasteiger partial charge in [0.15, 0.2) is 0 Å². The molecule has 0 spiro atoms. The number of benzene rings is 3. The first-order valence-corrected chi connectivity index (χ1v) is 8.14. The largest absolute Gasteiger partial charge is 0.418 e. The molecule has 0 bridgehead atoms. The van der Waals surface area contributed by atoms with Crippen molar-refractivity contribution in [2.24, 2.45) is 0 Å². The predicted molar refractivity (Wildman–Crippen MR) is 88.6 cm³/mol. The molecule has 0 heterocycles. The molecule has 3 aromatic carbocycles. The Labute approximate surface area is 130 Å². The molecule has 3 aromatic rings. The number of rotatable bonds is 5. The summed E-state index contributed by atoms with van der Waals surface area (Å²) in [5.41, 5.74) is 1.89. The van der Waals surface area contributed by atoms with Crippen molar-refractivity contribution in [3.05, 3.63) is 84.9 Å². The molecular formula is C18H15O3P. The van der Waals surface area contributed by atoms with Gasteiger partial charge in [-0.05, 0) is 23.8 Å². The zero-order chi connectivity index (χ0) is 15.2. The Morgan fingerprint density at radius 2 is 1.23 bits per heavy atom. The summed E-state index contributed by atoms with van der Waals surface area (Å²) in [5, 5.41) is 0. The first-order chi connectivity index (χ1) is 10.8. The van der Waals surface area contributed by atoms with E-state index >= 15 is 0 Å². The Morgan fingerprint density at radius 1 is 0.636 bits per heavy atom. The monoisotopic (exact) mass is 310 g/mol. The third-order valence-corrected chi connectivity index (χ3v) is 3.90. The van der Waals surface area contributed by atoms with Crippen molar-refractivity contribution in [3.63, 3.8) is 0 Å². The third-order valence-electron chi connectivity index (χ3n) is 3.11. The summed E-state index contributed by atoms with van der Waals surface area (Å²) < 4.78 is 23.0. The van der Waals surface area contributed by atoms with Gasteiger partial charge in [-0.15, -0.1) is 0 Å². The van der Waals surface area contributed by atoms with Gasteiger partial charge >= 0.3 is 8.25 Å². The topological polar surface area (TPSA) is 35.5 Å². The molecule has 0 radical (unpaired) electrons. The van der Waals surface area contributed by atoms with E-state index in [1.807, 2.05) is 66.7 Å². The SMILES string of the molecule is O=[PH](Oc1ccccc1)Oc1ccccc1-c1ccccc1. The summed E-state index contributed by atoms with van der Waals surface area (Å²) in [6, 6.07) is 26.3. The Morgan fingerprint density at radius 3 is 1.95 bits per heavy atom. The molecular weight excluding hydrogens is 295 g/mol. The first kappa shape index (κ1) is 14.4. The minimum atomic E-state index is -2.67. The molecule has 110 valence electrons. The molecule has 0 aliphatic heterocycles. The highest BCUT2D eigenvalue weighted by atomic mass is 31.1. The number of hydrogen-bond acceptors (Lipinski definition) is 3. The molecule has 0 amide bonds. The van der Waals surface area contributed by atoms with Gasteiger partial charge in [0.05, 0.1) is 0 Å². The van der Waals surface area contributed by atoms with E-state index in [-0.39, 0.29) is 0 Å². The summed E-state index contributed by atoms with van der Waals surface area (Å²) in [6.45, 7) is 0. The quantitative estimate of drug-likeness (QED) is 0.607. The fourth-order valence-electron chi connectivity index (χ4n) is 2.11. The molecule has 3 rings (SSSR count). The second-order valence-electron chi connectivity index (χ2n) is 4.63. The average Bonchev–Trinajstić information content (AvgIpc) is 2.57. The van der Waals surface area contributed by atoms with Crippen LogP contribution in [-0.4, -0.2) is 0 Å². The van der Waals surface area contributed by atoms with Gasteiger partial charge in [-0.1, -0.05) is 66.7 Å². The van der Waals surface area contributed by atoms with E-state index < -0.39 is 8.25 Å². The van der Waals surface area contributed by atoms with Crippen LogP contribution >= 0.6 is 8.25 Å². The highest BCUT2D eigenvalue weighted by Crippen LogP contribution is 2.36. The second kappa shape index (κ2) is 6.97. The Bertz CT molecular complexity index is 758. The Kier molecular flexibility index (Phi) is 4.57. The van der Waals surface area contributed by atoms with Crippen LogP contribution < -0.4 is 9.05 Å². The fourth-order valence-corrected chi connectivity index (χ4v) is 2.83. The van der Waals surface area contributed by atoms with Crippen molar-refractivity contribution in [1.29, 1.82) is 0 Å². The first-order valence-electron chi connectivity index (χ1n) is 6.92. The van der Waals surface area contributed by atoms with Crippen LogP contribution in [0, 0.1) is 0 Å². The standard InChI is InChI=1S/C18H15O3P/c19-22(20-16-11-5-2-6-12-16)21-18-14-8-7-13-17(18)15-9-3-1-4-10-15/h1-14,22H. The van der Waals surface area contributed by atoms with Gasteiger partial charge < -0.3 is 9.05 Å². The number of hydrogen-bond donors (Lipinski definition) is 0. The molecule has 0 N–H and O–H groups in total. The van der Waals surface area contributed by atoms with Crippen LogP contribution in [0.2, 0.25) is 0 Å². The van der Waals surface area contributed by atoms with Crippen molar-refractivity contribution in [2.75, 3.05) is 0 Å².